The van der Waals surface area contributed by atoms with Crippen LogP contribution in [0.2, 0.25) is 0 Å². The lowest BCUT2D eigenvalue weighted by Crippen LogP contribution is -2.03. The van der Waals surface area contributed by atoms with E-state index < -0.39 is 11.8 Å². The van der Waals surface area contributed by atoms with E-state index in [1.54, 1.807) is 26.0 Å². The van der Waals surface area contributed by atoms with Gasteiger partial charge in [0, 0.05) is 5.39 Å². The van der Waals surface area contributed by atoms with Crippen molar-refractivity contribution in [3.8, 4) is 0 Å². The summed E-state index contributed by atoms with van der Waals surface area (Å²) in [4.78, 5) is 11.5. The van der Waals surface area contributed by atoms with Crippen LogP contribution in [0, 0.1) is 12.7 Å². The fourth-order valence-corrected chi connectivity index (χ4v) is 1.53. The molecule has 0 atom stereocenters. The monoisotopic (exact) mass is 222 g/mol. The molecule has 2 aromatic rings. The Morgan fingerprint density at radius 3 is 2.94 bits per heavy atom. The van der Waals surface area contributed by atoms with E-state index in [1.807, 2.05) is 0 Å². The predicted molar refractivity (Wildman–Crippen MR) is 56.9 cm³/mol. The highest BCUT2D eigenvalue weighted by atomic mass is 19.1. The standard InChI is InChI=1S/C12H11FO3/c1-3-15-12(14)9-6-16-11-8(9)5-4-7(2)10(11)13/h4-6H,3H2,1-2H3. The molecule has 4 heteroatoms. The number of halogens is 1. The fourth-order valence-electron chi connectivity index (χ4n) is 1.53. The molecule has 0 fully saturated rings. The zero-order chi connectivity index (χ0) is 11.7. The van der Waals surface area contributed by atoms with Gasteiger partial charge in [0.05, 0.1) is 6.61 Å². The quantitative estimate of drug-likeness (QED) is 0.733. The summed E-state index contributed by atoms with van der Waals surface area (Å²) in [6, 6.07) is 3.26. The summed E-state index contributed by atoms with van der Waals surface area (Å²) < 4.78 is 23.5. The molecule has 0 saturated carbocycles. The lowest BCUT2D eigenvalue weighted by Gasteiger charge is -1.99. The van der Waals surface area contributed by atoms with Gasteiger partial charge in [-0.15, -0.1) is 0 Å². The molecule has 0 N–H and O–H groups in total. The zero-order valence-electron chi connectivity index (χ0n) is 9.04. The molecule has 1 aromatic carbocycles. The lowest BCUT2D eigenvalue weighted by atomic mass is 10.1. The van der Waals surface area contributed by atoms with Gasteiger partial charge in [0.15, 0.2) is 11.4 Å². The average molecular weight is 222 g/mol. The van der Waals surface area contributed by atoms with E-state index in [-0.39, 0.29) is 17.8 Å². The Morgan fingerprint density at radius 2 is 2.25 bits per heavy atom. The predicted octanol–water partition coefficient (Wildman–Crippen LogP) is 3.06. The summed E-state index contributed by atoms with van der Waals surface area (Å²) in [5.41, 5.74) is 0.844. The molecule has 3 nitrogen and oxygen atoms in total. The number of aryl methyl sites for hydroxylation is 1. The molecule has 0 aliphatic rings. The van der Waals surface area contributed by atoms with Crippen molar-refractivity contribution in [3.05, 3.63) is 35.3 Å². The highest BCUT2D eigenvalue weighted by Gasteiger charge is 2.17. The summed E-state index contributed by atoms with van der Waals surface area (Å²) in [5.74, 6) is -0.933. The Labute approximate surface area is 91.8 Å². The van der Waals surface area contributed by atoms with Gasteiger partial charge < -0.3 is 9.15 Å². The lowest BCUT2D eigenvalue weighted by molar-refractivity contribution is 0.0527. The number of furan rings is 1. The van der Waals surface area contributed by atoms with Gasteiger partial charge in [0.2, 0.25) is 0 Å². The number of hydrogen-bond acceptors (Lipinski definition) is 3. The van der Waals surface area contributed by atoms with Crippen LogP contribution in [0.4, 0.5) is 4.39 Å². The van der Waals surface area contributed by atoms with Crippen molar-refractivity contribution in [1.29, 1.82) is 0 Å². The maximum absolute atomic E-state index is 13.6. The van der Waals surface area contributed by atoms with Gasteiger partial charge in [-0.05, 0) is 25.5 Å². The molecule has 0 aliphatic heterocycles. The van der Waals surface area contributed by atoms with Crippen molar-refractivity contribution in [1.82, 2.24) is 0 Å². The first kappa shape index (κ1) is 10.7. The number of hydrogen-bond donors (Lipinski definition) is 0. The van der Waals surface area contributed by atoms with Crippen molar-refractivity contribution < 1.29 is 18.3 Å². The van der Waals surface area contributed by atoms with E-state index in [2.05, 4.69) is 0 Å². The van der Waals surface area contributed by atoms with Crippen molar-refractivity contribution in [3.63, 3.8) is 0 Å². The molecule has 2 rings (SSSR count). The Balaban J connectivity index is 2.58. The van der Waals surface area contributed by atoms with Crippen molar-refractivity contribution in [2.45, 2.75) is 13.8 Å². The van der Waals surface area contributed by atoms with E-state index in [0.29, 0.717) is 10.9 Å². The van der Waals surface area contributed by atoms with Gasteiger partial charge in [0.25, 0.3) is 0 Å². The Morgan fingerprint density at radius 1 is 1.50 bits per heavy atom. The van der Waals surface area contributed by atoms with E-state index in [1.165, 1.54) is 6.26 Å². The molecule has 0 spiro atoms. The van der Waals surface area contributed by atoms with Crippen LogP contribution in [-0.4, -0.2) is 12.6 Å². The number of benzene rings is 1. The molecule has 1 aromatic heterocycles. The molecule has 0 radical (unpaired) electrons. The zero-order valence-corrected chi connectivity index (χ0v) is 9.04. The minimum atomic E-state index is -0.496. The Hall–Kier alpha value is -1.84. The highest BCUT2D eigenvalue weighted by molar-refractivity contribution is 6.03. The van der Waals surface area contributed by atoms with Gasteiger partial charge >= 0.3 is 5.97 Å². The normalized spacial score (nSPS) is 10.7. The second-order valence-electron chi connectivity index (χ2n) is 3.44. The van der Waals surface area contributed by atoms with Gasteiger partial charge in [-0.25, -0.2) is 9.18 Å². The summed E-state index contributed by atoms with van der Waals surface area (Å²) in [6.07, 6.45) is 1.23. The molecule has 0 bridgehead atoms. The van der Waals surface area contributed by atoms with E-state index in [0.717, 1.165) is 0 Å². The first-order chi connectivity index (χ1) is 7.65. The van der Waals surface area contributed by atoms with Gasteiger partial charge in [0.1, 0.15) is 11.8 Å². The number of carbonyl (C=O) groups excluding carboxylic acids is 1. The molecule has 0 unspecified atom stereocenters. The first-order valence-corrected chi connectivity index (χ1v) is 4.98. The maximum Gasteiger partial charge on any atom is 0.342 e. The second-order valence-corrected chi connectivity index (χ2v) is 3.44. The van der Waals surface area contributed by atoms with E-state index in [9.17, 15) is 9.18 Å². The summed E-state index contributed by atoms with van der Waals surface area (Å²) in [7, 11) is 0. The third-order valence-corrected chi connectivity index (χ3v) is 2.37. The minimum absolute atomic E-state index is 0.100. The van der Waals surface area contributed by atoms with Crippen molar-refractivity contribution in [2.75, 3.05) is 6.61 Å². The van der Waals surface area contributed by atoms with Crippen LogP contribution in [0.1, 0.15) is 22.8 Å². The van der Waals surface area contributed by atoms with Crippen LogP contribution in [0.5, 0.6) is 0 Å². The van der Waals surface area contributed by atoms with Gasteiger partial charge in [-0.3, -0.25) is 0 Å². The average Bonchev–Trinajstić information content (AvgIpc) is 2.68. The van der Waals surface area contributed by atoms with Gasteiger partial charge in [-0.2, -0.15) is 0 Å². The Bertz CT molecular complexity index is 542. The fraction of sp³-hybridized carbons (Fsp3) is 0.250. The van der Waals surface area contributed by atoms with Crippen molar-refractivity contribution >= 4 is 16.9 Å². The molecule has 1 heterocycles. The third kappa shape index (κ3) is 1.56. The number of fused-ring (bicyclic) bond motifs is 1. The van der Waals surface area contributed by atoms with Crippen LogP contribution < -0.4 is 0 Å². The van der Waals surface area contributed by atoms with E-state index >= 15 is 0 Å². The minimum Gasteiger partial charge on any atom is -0.462 e. The van der Waals surface area contributed by atoms with Crippen LogP contribution in [0.15, 0.2) is 22.8 Å². The smallest absolute Gasteiger partial charge is 0.342 e. The maximum atomic E-state index is 13.6. The van der Waals surface area contributed by atoms with E-state index in [4.69, 9.17) is 9.15 Å². The summed E-state index contributed by atoms with van der Waals surface area (Å²) in [6.45, 7) is 3.63. The van der Waals surface area contributed by atoms with Crippen LogP contribution in [0.25, 0.3) is 11.0 Å². The van der Waals surface area contributed by atoms with Crippen LogP contribution >= 0.6 is 0 Å². The second kappa shape index (κ2) is 3.96. The number of carbonyl (C=O) groups is 1. The largest absolute Gasteiger partial charge is 0.462 e. The number of esters is 1. The van der Waals surface area contributed by atoms with Crippen LogP contribution in [-0.2, 0) is 4.74 Å². The topological polar surface area (TPSA) is 39.4 Å². The molecule has 0 aliphatic carbocycles. The molecular formula is C12H11FO3. The molecule has 0 amide bonds. The number of ether oxygens (including phenoxy) is 1. The molecule has 84 valence electrons. The molecule has 0 saturated heterocycles. The highest BCUT2D eigenvalue weighted by Crippen LogP contribution is 2.26. The van der Waals surface area contributed by atoms with Crippen LogP contribution in [0.3, 0.4) is 0 Å². The molecular weight excluding hydrogens is 211 g/mol. The first-order valence-electron chi connectivity index (χ1n) is 4.98. The van der Waals surface area contributed by atoms with Gasteiger partial charge in [-0.1, -0.05) is 6.07 Å². The van der Waals surface area contributed by atoms with Crippen molar-refractivity contribution in [2.24, 2.45) is 0 Å². The third-order valence-electron chi connectivity index (χ3n) is 2.37. The SMILES string of the molecule is CCOC(=O)c1coc2c(F)c(C)ccc12. The summed E-state index contributed by atoms with van der Waals surface area (Å²) >= 11 is 0. The molecule has 16 heavy (non-hydrogen) atoms. The number of rotatable bonds is 2. The Kier molecular flexibility index (Phi) is 2.64. The summed E-state index contributed by atoms with van der Waals surface area (Å²) in [5, 5.41) is 0.446.